The van der Waals surface area contributed by atoms with Crippen LogP contribution in [0.5, 0.6) is 0 Å². The van der Waals surface area contributed by atoms with Gasteiger partial charge in [0.2, 0.25) is 0 Å². The van der Waals surface area contributed by atoms with Gasteiger partial charge in [0.1, 0.15) is 0 Å². The molecule has 26 heavy (non-hydrogen) atoms. The highest BCUT2D eigenvalue weighted by molar-refractivity contribution is 6.30. The number of rotatable bonds is 2. The Bertz CT molecular complexity index is 1110. The molecule has 2 aromatic carbocycles. The van der Waals surface area contributed by atoms with Gasteiger partial charge in [-0.25, -0.2) is 9.36 Å². The molecule has 3 aromatic rings. The fourth-order valence-corrected chi connectivity index (χ4v) is 3.98. The Kier molecular flexibility index (Phi) is 3.88. The van der Waals surface area contributed by atoms with Gasteiger partial charge in [-0.15, -0.1) is 0 Å². The molecule has 0 radical (unpaired) electrons. The van der Waals surface area contributed by atoms with Gasteiger partial charge in [0.25, 0.3) is 5.56 Å². The number of aromatic nitrogens is 2. The third kappa shape index (κ3) is 2.44. The summed E-state index contributed by atoms with van der Waals surface area (Å²) >= 11 is 5.94. The lowest BCUT2D eigenvalue weighted by Gasteiger charge is -2.35. The van der Waals surface area contributed by atoms with Crippen molar-refractivity contribution in [2.24, 2.45) is 0 Å². The summed E-state index contributed by atoms with van der Waals surface area (Å²) in [4.78, 5) is 29.2. The van der Waals surface area contributed by atoms with Crippen molar-refractivity contribution in [3.05, 3.63) is 85.5 Å². The molecule has 4 rings (SSSR count). The van der Waals surface area contributed by atoms with Crippen LogP contribution >= 0.6 is 11.6 Å². The predicted molar refractivity (Wildman–Crippen MR) is 104 cm³/mol. The van der Waals surface area contributed by atoms with E-state index in [0.29, 0.717) is 22.0 Å². The van der Waals surface area contributed by atoms with Crippen LogP contribution in [-0.4, -0.2) is 9.55 Å². The average Bonchev–Trinajstić information content (AvgIpc) is 2.63. The van der Waals surface area contributed by atoms with E-state index in [1.165, 1.54) is 4.57 Å². The summed E-state index contributed by atoms with van der Waals surface area (Å²) in [7, 11) is 0. The first-order valence-electron chi connectivity index (χ1n) is 8.68. The summed E-state index contributed by atoms with van der Waals surface area (Å²) in [5.41, 5.74) is 2.90. The van der Waals surface area contributed by atoms with Crippen LogP contribution in [0.2, 0.25) is 5.02 Å². The second-order valence-corrected chi connectivity index (χ2v) is 7.48. The van der Waals surface area contributed by atoms with Gasteiger partial charge in [0, 0.05) is 21.6 Å². The zero-order valence-electron chi connectivity index (χ0n) is 14.7. The molecule has 132 valence electrons. The average molecular weight is 367 g/mol. The molecule has 4 nitrogen and oxygen atoms in total. The maximum Gasteiger partial charge on any atom is 0.333 e. The van der Waals surface area contributed by atoms with E-state index >= 15 is 0 Å². The van der Waals surface area contributed by atoms with Crippen LogP contribution in [0.25, 0.3) is 16.9 Å². The first kappa shape index (κ1) is 16.9. The van der Waals surface area contributed by atoms with Crippen molar-refractivity contribution < 1.29 is 0 Å². The highest BCUT2D eigenvalue weighted by Crippen LogP contribution is 2.41. The van der Waals surface area contributed by atoms with Gasteiger partial charge in [-0.05, 0) is 42.7 Å². The van der Waals surface area contributed by atoms with E-state index in [1.807, 2.05) is 18.2 Å². The lowest BCUT2D eigenvalue weighted by atomic mass is 9.69. The molecule has 5 heteroatoms. The fraction of sp³-hybridized carbons (Fsp3) is 0.238. The molecule has 0 amide bonds. The first-order chi connectivity index (χ1) is 12.4. The Morgan fingerprint density at radius 1 is 1.12 bits per heavy atom. The second-order valence-electron chi connectivity index (χ2n) is 7.05. The number of aromatic amines is 1. The maximum atomic E-state index is 13.4. The largest absolute Gasteiger partial charge is 0.333 e. The van der Waals surface area contributed by atoms with E-state index in [2.05, 4.69) is 24.9 Å². The van der Waals surface area contributed by atoms with Crippen molar-refractivity contribution in [3.63, 3.8) is 0 Å². The van der Waals surface area contributed by atoms with Crippen molar-refractivity contribution in [3.8, 4) is 16.9 Å². The molecule has 0 fully saturated rings. The number of H-pyrrole nitrogens is 1. The van der Waals surface area contributed by atoms with Crippen LogP contribution in [0.15, 0.2) is 58.1 Å². The number of halogens is 1. The van der Waals surface area contributed by atoms with Crippen LogP contribution in [0.4, 0.5) is 0 Å². The minimum Gasteiger partial charge on any atom is -0.306 e. The molecule has 1 aliphatic rings. The van der Waals surface area contributed by atoms with E-state index in [-0.39, 0.29) is 11.0 Å². The lowest BCUT2D eigenvalue weighted by molar-refractivity contribution is 0.437. The molecule has 1 aromatic heterocycles. The zero-order valence-corrected chi connectivity index (χ0v) is 15.4. The maximum absolute atomic E-state index is 13.4. The Labute approximate surface area is 156 Å². The van der Waals surface area contributed by atoms with Crippen LogP contribution in [0.1, 0.15) is 31.4 Å². The number of nitrogens with one attached hydrogen (secondary N) is 1. The molecule has 0 saturated carbocycles. The molecular formula is C21H19ClN2O2. The minimum absolute atomic E-state index is 0.259. The molecule has 1 heterocycles. The molecule has 1 N–H and O–H groups in total. The Hall–Kier alpha value is -2.59. The Balaban J connectivity index is 2.08. The minimum atomic E-state index is -0.439. The van der Waals surface area contributed by atoms with Crippen LogP contribution in [0.3, 0.4) is 0 Å². The number of nitrogens with zero attached hydrogens (tertiary/aromatic N) is 1. The fourth-order valence-electron chi connectivity index (χ4n) is 3.85. The summed E-state index contributed by atoms with van der Waals surface area (Å²) in [6, 6.07) is 14.7. The van der Waals surface area contributed by atoms with Crippen molar-refractivity contribution in [1.82, 2.24) is 9.55 Å². The van der Waals surface area contributed by atoms with Crippen LogP contribution in [0, 0.1) is 0 Å². The van der Waals surface area contributed by atoms with E-state index in [1.54, 1.807) is 24.3 Å². The molecule has 0 aliphatic heterocycles. The lowest BCUT2D eigenvalue weighted by Crippen LogP contribution is -2.44. The van der Waals surface area contributed by atoms with Gasteiger partial charge < -0.3 is 4.98 Å². The molecule has 0 saturated heterocycles. The van der Waals surface area contributed by atoms with Gasteiger partial charge in [0.15, 0.2) is 0 Å². The van der Waals surface area contributed by atoms with Crippen LogP contribution < -0.4 is 11.2 Å². The Morgan fingerprint density at radius 3 is 2.50 bits per heavy atom. The van der Waals surface area contributed by atoms with Gasteiger partial charge in [-0.2, -0.15) is 0 Å². The van der Waals surface area contributed by atoms with E-state index in [0.717, 1.165) is 24.0 Å². The highest BCUT2D eigenvalue weighted by Gasteiger charge is 2.37. The predicted octanol–water partition coefficient (Wildman–Crippen LogP) is 4.07. The zero-order chi connectivity index (χ0) is 18.5. The van der Waals surface area contributed by atoms with Crippen molar-refractivity contribution >= 4 is 11.6 Å². The third-order valence-corrected chi connectivity index (χ3v) is 5.69. The summed E-state index contributed by atoms with van der Waals surface area (Å²) in [5, 5.41) is 0.559. The number of fused-ring (bicyclic) bond motifs is 3. The van der Waals surface area contributed by atoms with E-state index in [9.17, 15) is 9.59 Å². The van der Waals surface area contributed by atoms with Gasteiger partial charge in [0.05, 0.1) is 11.4 Å². The van der Waals surface area contributed by atoms with E-state index < -0.39 is 5.69 Å². The van der Waals surface area contributed by atoms with Crippen LogP contribution in [-0.2, 0) is 11.8 Å². The van der Waals surface area contributed by atoms with Gasteiger partial charge in [-0.1, -0.05) is 49.7 Å². The van der Waals surface area contributed by atoms with Crippen molar-refractivity contribution in [2.75, 3.05) is 0 Å². The summed E-state index contributed by atoms with van der Waals surface area (Å²) in [6.07, 6.45) is 1.57. The molecular weight excluding hydrogens is 348 g/mol. The number of hydrogen-bond donors (Lipinski definition) is 1. The second kappa shape index (κ2) is 5.99. The summed E-state index contributed by atoms with van der Waals surface area (Å²) in [6.45, 7) is 4.17. The quantitative estimate of drug-likeness (QED) is 0.743. The van der Waals surface area contributed by atoms with Gasteiger partial charge in [-0.3, -0.25) is 4.79 Å². The standard InChI is InChI=1S/C21H19ClN2O2/c1-3-21(2)12-13-6-4-5-7-16(13)18-17(21)19(25)24(20(26)23-18)15-10-8-14(22)9-11-15/h4-11H,3,12H2,1-2H3,(H,23,26)/t21-/m0/s1. The van der Waals surface area contributed by atoms with Crippen molar-refractivity contribution in [2.45, 2.75) is 32.1 Å². The smallest absolute Gasteiger partial charge is 0.306 e. The normalized spacial score (nSPS) is 18.3. The first-order valence-corrected chi connectivity index (χ1v) is 9.06. The summed E-state index contributed by atoms with van der Waals surface area (Å²) < 4.78 is 1.21. The highest BCUT2D eigenvalue weighted by atomic mass is 35.5. The number of benzene rings is 2. The SMILES string of the molecule is CC[C@@]1(C)Cc2ccccc2-c2[nH]c(=O)n(-c3ccc(Cl)cc3)c(=O)c21. The molecule has 0 unspecified atom stereocenters. The molecule has 0 bridgehead atoms. The third-order valence-electron chi connectivity index (χ3n) is 5.44. The van der Waals surface area contributed by atoms with E-state index in [4.69, 9.17) is 11.6 Å². The molecule has 0 spiro atoms. The molecule has 1 aliphatic carbocycles. The summed E-state index contributed by atoms with van der Waals surface area (Å²) in [5.74, 6) is 0. The number of hydrogen-bond acceptors (Lipinski definition) is 2. The van der Waals surface area contributed by atoms with Gasteiger partial charge >= 0.3 is 5.69 Å². The topological polar surface area (TPSA) is 54.9 Å². The van der Waals surface area contributed by atoms with Crippen molar-refractivity contribution in [1.29, 1.82) is 0 Å². The Morgan fingerprint density at radius 2 is 1.81 bits per heavy atom. The molecule has 1 atom stereocenters. The monoisotopic (exact) mass is 366 g/mol.